The molecule has 5 N–H and O–H groups in total. The number of carbonyl (C=O) groups is 11. The number of phosphoric ester groups is 1. The maximum Gasteiger partial charge on any atom is 0.472 e. The lowest BCUT2D eigenvalue weighted by molar-refractivity contribution is -0.870. The van der Waals surface area contributed by atoms with Crippen molar-refractivity contribution in [3.05, 3.63) is 184 Å². The van der Waals surface area contributed by atoms with E-state index in [9.17, 15) is 58.0 Å². The van der Waals surface area contributed by atoms with E-state index >= 15 is 14.4 Å². The number of rotatable bonds is 45. The fourth-order valence-electron chi connectivity index (χ4n) is 17.0. The Morgan fingerprint density at radius 1 is 0.642 bits per heavy atom. The van der Waals surface area contributed by atoms with Gasteiger partial charge in [-0.1, -0.05) is 208 Å². The number of likely N-dealkylation sites (N-methyl/N-ethyl adjacent to an activating group) is 1. The number of benzene rings is 5. The van der Waals surface area contributed by atoms with Gasteiger partial charge in [0.05, 0.1) is 69.2 Å². The monoisotopic (exact) mass is 1680 g/mol. The zero-order valence-corrected chi connectivity index (χ0v) is 71.6. The van der Waals surface area contributed by atoms with Gasteiger partial charge >= 0.3 is 49.6 Å². The van der Waals surface area contributed by atoms with Gasteiger partial charge in [0.15, 0.2) is 17.5 Å². The van der Waals surface area contributed by atoms with Crippen LogP contribution in [0.25, 0.3) is 0 Å². The highest BCUT2D eigenvalue weighted by atomic mass is 31.2. The summed E-state index contributed by atoms with van der Waals surface area (Å²) in [5, 5.41) is 29.6. The van der Waals surface area contributed by atoms with Crippen LogP contribution in [0.5, 0.6) is 0 Å². The summed E-state index contributed by atoms with van der Waals surface area (Å²) in [5.74, 6) is -12.4. The number of aromatic carboxylic acids is 1. The third kappa shape index (κ3) is 24.6. The highest BCUT2D eigenvalue weighted by molar-refractivity contribution is 7.47. The van der Waals surface area contributed by atoms with Crippen LogP contribution in [0.15, 0.2) is 151 Å². The number of carboxylic acids is 1. The number of Topliss-reactive ketones (excluding diaryl/α,β-unsaturated/α-hetero) is 2. The van der Waals surface area contributed by atoms with Crippen LogP contribution in [-0.4, -0.2) is 173 Å². The molecule has 3 aliphatic carbocycles. The standard InChI is InChI=1S/C92H118N3O24P/c1-11-12-13-14-15-16-17-18-19-20-21-22-23-24-34-41-71(119-120(109,110)112-55-54-95(8,9)10)64-46-48-69(49-47-64)93-75(99)51-53-77(101)116-81(79(65-35-28-25-29-36-65)94-85(103)66-37-30-26-31-38-66)88(107)114-72-58-92(108)84(117-87(106)68-39-32-27-33-40-68)82-90(7,83(102)80(113-61(3)96)78(60(72)2)89(92,5)6)73(57-74-91(82,59-111-74)118-62(4)97)115-76(100)52-50-70(98)56-63-42-44-67(45-43-63)86(104)105/h25-33,35-40,42-49,71-74,79-82,84,108H,11-24,34,41,50-59H2,1-10H3,(H3-,93,94,99,103,104,105,109,110)/p+1/t71?,72-,73-,74+,79-,80+,81+,82?,84?,90+,91-,92+/m0/s1. The quantitative estimate of drug-likeness (QED) is 0.00603. The van der Waals surface area contributed by atoms with Gasteiger partial charge in [0.1, 0.15) is 55.0 Å². The minimum atomic E-state index is -4.56. The van der Waals surface area contributed by atoms with E-state index < -0.39 is 188 Å². The van der Waals surface area contributed by atoms with Gasteiger partial charge in [0, 0.05) is 62.6 Å². The van der Waals surface area contributed by atoms with Gasteiger partial charge in [-0.05, 0) is 96.6 Å². The molecule has 2 saturated carbocycles. The number of nitrogens with zero attached hydrogens (tertiary/aromatic N) is 1. The van der Waals surface area contributed by atoms with E-state index in [2.05, 4.69) is 17.6 Å². The minimum Gasteiger partial charge on any atom is -0.478 e. The van der Waals surface area contributed by atoms with Crippen LogP contribution in [0.1, 0.15) is 250 Å². The normalized spacial score (nSPS) is 22.9. The molecule has 2 amide bonds. The predicted molar refractivity (Wildman–Crippen MR) is 443 cm³/mol. The Labute approximate surface area is 702 Å². The van der Waals surface area contributed by atoms with Gasteiger partial charge in [0.2, 0.25) is 12.0 Å². The number of nitrogens with one attached hydrogen (secondary N) is 2. The molecule has 120 heavy (non-hydrogen) atoms. The number of carboxylic acid groups (broad SMARTS) is 1. The van der Waals surface area contributed by atoms with Gasteiger partial charge in [-0.2, -0.15) is 0 Å². The molecule has 1 aliphatic heterocycles. The number of anilines is 1. The van der Waals surface area contributed by atoms with Crippen molar-refractivity contribution in [3.63, 3.8) is 0 Å². The van der Waals surface area contributed by atoms with Crippen LogP contribution in [0.2, 0.25) is 0 Å². The zero-order valence-electron chi connectivity index (χ0n) is 70.7. The van der Waals surface area contributed by atoms with Crippen molar-refractivity contribution in [1.82, 2.24) is 5.32 Å². The van der Waals surface area contributed by atoms with Crippen LogP contribution < -0.4 is 10.6 Å². The summed E-state index contributed by atoms with van der Waals surface area (Å²) < 4.78 is 69.8. The molecule has 27 nitrogen and oxygen atoms in total. The average Bonchev–Trinajstić information content (AvgIpc) is 0.666. The summed E-state index contributed by atoms with van der Waals surface area (Å²) in [4.78, 5) is 169. The molecule has 5 aromatic rings. The van der Waals surface area contributed by atoms with E-state index in [1.165, 1.54) is 140 Å². The number of unbranched alkanes of at least 4 members (excludes halogenated alkanes) is 14. The summed E-state index contributed by atoms with van der Waals surface area (Å²) in [6.07, 6.45) is 2.49. The van der Waals surface area contributed by atoms with Crippen LogP contribution in [0.4, 0.5) is 5.69 Å². The van der Waals surface area contributed by atoms with Crippen molar-refractivity contribution in [1.29, 1.82) is 0 Å². The van der Waals surface area contributed by atoms with E-state index in [1.807, 2.05) is 21.1 Å². The largest absolute Gasteiger partial charge is 0.478 e. The molecule has 0 spiro atoms. The molecule has 0 radical (unpaired) electrons. The van der Waals surface area contributed by atoms with Crippen LogP contribution >= 0.6 is 7.82 Å². The molecule has 1 saturated heterocycles. The summed E-state index contributed by atoms with van der Waals surface area (Å²) in [6.45, 7) is 10.0. The van der Waals surface area contributed by atoms with Crippen molar-refractivity contribution in [2.45, 2.75) is 256 Å². The Morgan fingerprint density at radius 2 is 1.21 bits per heavy atom. The molecule has 4 aliphatic rings. The predicted octanol–water partition coefficient (Wildman–Crippen LogP) is 14.7. The summed E-state index contributed by atoms with van der Waals surface area (Å²) in [5.41, 5.74) is -7.64. The number of fused-ring (bicyclic) bond motifs is 5. The Kier molecular flexibility index (Phi) is 33.6. The molecule has 3 fully saturated rings. The maximum absolute atomic E-state index is 16.8. The lowest BCUT2D eigenvalue weighted by atomic mass is 9.44. The Hall–Kier alpha value is -9.60. The van der Waals surface area contributed by atoms with Gasteiger partial charge in [-0.15, -0.1) is 0 Å². The molecular formula is C92H119N3O24P+. The Morgan fingerprint density at radius 3 is 1.76 bits per heavy atom. The number of carbonyl (C=O) groups excluding carboxylic acids is 10. The van der Waals surface area contributed by atoms with E-state index in [-0.39, 0.29) is 58.5 Å². The molecule has 5 aromatic carbocycles. The molecule has 0 aromatic heterocycles. The van der Waals surface area contributed by atoms with Gasteiger partial charge in [0.25, 0.3) is 5.91 Å². The molecule has 13 atom stereocenters. The molecule has 4 unspecified atom stereocenters. The van der Waals surface area contributed by atoms with Crippen molar-refractivity contribution in [2.24, 2.45) is 16.7 Å². The number of hydrogen-bond acceptors (Lipinski definition) is 22. The number of ketones is 2. The van der Waals surface area contributed by atoms with Crippen molar-refractivity contribution < 1.29 is 119 Å². The SMILES string of the molecule is CCCCCCCCCCCCCCCCCC(OP(=O)(O)OCC[N+](C)(C)C)c1ccc(NC(=O)CCC(=O)O[C@@H](C(=O)O[C@H]2C[C@@]3(O)C(OC(=O)c4ccccc4)C4[C@](C)(C(=O)[C@H](OC(C)=O)C(=C2C)C3(C)C)[C@@H](OC(=O)CCC(=O)Cc2ccc(C(=O)O)cc2)C[C@H]2OC[C@@]42OC(C)=O)[C@@H](NC(=O)c2ccccc2)c2ccccc2)cc1. The number of phosphoric acid groups is 1. The highest BCUT2D eigenvalue weighted by Crippen LogP contribution is 2.65. The molecule has 650 valence electrons. The Balaban J connectivity index is 1.01. The third-order valence-corrected chi connectivity index (χ3v) is 24.7. The first-order valence-corrected chi connectivity index (χ1v) is 43.4. The molecular weight excluding hydrogens is 1560 g/mol. The van der Waals surface area contributed by atoms with E-state index in [4.69, 9.17) is 42.2 Å². The molecule has 1 heterocycles. The lowest BCUT2D eigenvalue weighted by Gasteiger charge is -2.67. The topological polar surface area (TPSA) is 373 Å². The number of amides is 2. The van der Waals surface area contributed by atoms with Crippen LogP contribution in [-0.2, 0) is 91.5 Å². The zero-order chi connectivity index (χ0) is 87.2. The van der Waals surface area contributed by atoms with Crippen molar-refractivity contribution >= 4 is 78.7 Å². The van der Waals surface area contributed by atoms with Crippen LogP contribution in [0, 0.1) is 16.7 Å². The Bertz CT molecular complexity index is 4460. The number of quaternary nitrogens is 1. The first-order chi connectivity index (χ1) is 57.0. The van der Waals surface area contributed by atoms with Crippen molar-refractivity contribution in [2.75, 3.05) is 46.2 Å². The summed E-state index contributed by atoms with van der Waals surface area (Å²) >= 11 is 0. The number of aliphatic hydroxyl groups is 1. The second kappa shape index (κ2) is 42.8. The average molecular weight is 1680 g/mol. The second-order valence-electron chi connectivity index (χ2n) is 33.8. The number of esters is 6. The molecule has 9 rings (SSSR count). The van der Waals surface area contributed by atoms with E-state index in [0.29, 0.717) is 35.0 Å². The van der Waals surface area contributed by atoms with Crippen LogP contribution in [0.3, 0.4) is 0 Å². The van der Waals surface area contributed by atoms with E-state index in [0.717, 1.165) is 39.5 Å². The summed E-state index contributed by atoms with van der Waals surface area (Å²) in [7, 11) is 1.24. The first-order valence-electron chi connectivity index (χ1n) is 41.9. The number of ether oxygens (including phenoxy) is 7. The highest BCUT2D eigenvalue weighted by Gasteiger charge is 2.79. The lowest BCUT2D eigenvalue weighted by Crippen LogP contribution is -2.82. The first kappa shape index (κ1) is 94.3. The molecule has 2 bridgehead atoms. The fourth-order valence-corrected chi connectivity index (χ4v) is 17.9. The fraction of sp³-hybridized carbons (Fsp3) is 0.533. The van der Waals surface area contributed by atoms with E-state index in [1.54, 1.807) is 91.0 Å². The smallest absolute Gasteiger partial charge is 0.472 e. The van der Waals surface area contributed by atoms with Crippen molar-refractivity contribution in [3.8, 4) is 0 Å². The number of hydrogen-bond donors (Lipinski definition) is 5. The van der Waals surface area contributed by atoms with Gasteiger partial charge < -0.3 is 63.4 Å². The summed E-state index contributed by atoms with van der Waals surface area (Å²) in [6, 6.07) is 33.9. The third-order valence-electron chi connectivity index (χ3n) is 23.6. The maximum atomic E-state index is 16.8. The molecule has 28 heteroatoms. The second-order valence-corrected chi connectivity index (χ2v) is 35.2. The minimum absolute atomic E-state index is 0.00697. The van der Waals surface area contributed by atoms with Gasteiger partial charge in [-0.25, -0.2) is 18.9 Å². The van der Waals surface area contributed by atoms with Gasteiger partial charge in [-0.3, -0.25) is 47.4 Å².